The molecule has 184 valence electrons. The molecule has 0 saturated carbocycles. The number of nitrogens with one attached hydrogen (secondary N) is 2. The van der Waals surface area contributed by atoms with Crippen molar-refractivity contribution < 1.29 is 85.1 Å². The fraction of sp³-hybridized carbons (Fsp3) is 0. The molecule has 0 radical (unpaired) electrons. The molecule has 0 aliphatic carbocycles. The van der Waals surface area contributed by atoms with Gasteiger partial charge in [0.1, 0.15) is 20.2 Å². The van der Waals surface area contributed by atoms with Gasteiger partial charge >= 0.3 is 59.1 Å². The molecule has 0 unspecified atom stereocenters. The van der Waals surface area contributed by atoms with Crippen molar-refractivity contribution >= 4 is 55.4 Å². The summed E-state index contributed by atoms with van der Waals surface area (Å²) >= 11 is 0. The van der Waals surface area contributed by atoms with Crippen LogP contribution in [0.15, 0.2) is 70.7 Å². The molecule has 0 aliphatic heterocycles. The fourth-order valence-electron chi connectivity index (χ4n) is 3.02. The Morgan fingerprint density at radius 2 is 1.03 bits per heavy atom. The van der Waals surface area contributed by atoms with Gasteiger partial charge in [0.15, 0.2) is 11.6 Å². The number of anilines is 4. The largest absolute Gasteiger partial charge is 1.00 e. The van der Waals surface area contributed by atoms with E-state index in [0.717, 1.165) is 12.1 Å². The van der Waals surface area contributed by atoms with Crippen LogP contribution in [-0.4, -0.2) is 56.8 Å². The van der Waals surface area contributed by atoms with E-state index in [9.17, 15) is 25.9 Å². The quantitative estimate of drug-likeness (QED) is 0.116. The molecule has 0 atom stereocenters. The third kappa shape index (κ3) is 8.57. The number of benzene rings is 2. The standard InChI is InChI=1S/C20H16N8O6S2.2Na/c29-35(30,31)17-11-15(23-19-7-9-21-27-25-19)5-3-13(17)1-2-14-4-6-16(12-18(14)36(32,33)34)24-20-8-10-22-28-26-20;;/h1-12H,(H,21,23,25)(H,22,24,26)(H,29,30,31)(H,32,33,34);;/q;2*+1/p-2. The predicted molar refractivity (Wildman–Crippen MR) is 124 cm³/mol. The van der Waals surface area contributed by atoms with Gasteiger partial charge in [-0.1, -0.05) is 24.3 Å². The summed E-state index contributed by atoms with van der Waals surface area (Å²) in [5.41, 5.74) is 0.416. The van der Waals surface area contributed by atoms with Crippen LogP contribution in [0.3, 0.4) is 0 Å². The van der Waals surface area contributed by atoms with Gasteiger partial charge in [-0.25, -0.2) is 16.8 Å². The van der Waals surface area contributed by atoms with E-state index < -0.39 is 30.0 Å². The molecule has 4 aromatic rings. The van der Waals surface area contributed by atoms with Gasteiger partial charge in [-0.2, -0.15) is 0 Å². The molecule has 2 aromatic heterocycles. The maximum atomic E-state index is 11.9. The predicted octanol–water partition coefficient (Wildman–Crippen LogP) is -4.47. The van der Waals surface area contributed by atoms with Crippen molar-refractivity contribution in [2.75, 3.05) is 10.6 Å². The summed E-state index contributed by atoms with van der Waals surface area (Å²) < 4.78 is 71.3. The summed E-state index contributed by atoms with van der Waals surface area (Å²) in [5, 5.41) is 27.0. The van der Waals surface area contributed by atoms with Crippen molar-refractivity contribution in [2.45, 2.75) is 9.79 Å². The van der Waals surface area contributed by atoms with Gasteiger partial charge in [0.25, 0.3) is 0 Å². The van der Waals surface area contributed by atoms with Crippen LogP contribution in [0.1, 0.15) is 11.1 Å². The zero-order valence-corrected chi connectivity index (χ0v) is 25.5. The average molecular weight is 572 g/mol. The number of hydrogen-bond donors (Lipinski definition) is 2. The summed E-state index contributed by atoms with van der Waals surface area (Å²) in [6.45, 7) is 0. The Kier molecular flexibility index (Phi) is 11.4. The van der Waals surface area contributed by atoms with E-state index in [1.807, 2.05) is 0 Å². The van der Waals surface area contributed by atoms with Crippen molar-refractivity contribution in [3.05, 3.63) is 72.1 Å². The van der Waals surface area contributed by atoms with Gasteiger partial charge in [0.2, 0.25) is 0 Å². The Labute approximate surface area is 261 Å². The van der Waals surface area contributed by atoms with Crippen LogP contribution >= 0.6 is 0 Å². The third-order valence-electron chi connectivity index (χ3n) is 4.56. The smallest absolute Gasteiger partial charge is 0.744 e. The number of aromatic nitrogens is 6. The first kappa shape index (κ1) is 31.8. The van der Waals surface area contributed by atoms with Gasteiger partial charge in [-0.05, 0) is 45.8 Å². The molecule has 0 amide bonds. The summed E-state index contributed by atoms with van der Waals surface area (Å²) in [6.07, 6.45) is 5.16. The van der Waals surface area contributed by atoms with E-state index in [0.29, 0.717) is 0 Å². The van der Waals surface area contributed by atoms with E-state index >= 15 is 0 Å². The second-order valence-corrected chi connectivity index (χ2v) is 9.70. The Morgan fingerprint density at radius 1 is 0.632 bits per heavy atom. The second-order valence-electron chi connectivity index (χ2n) is 7.01. The fourth-order valence-corrected chi connectivity index (χ4v) is 4.42. The molecule has 2 heterocycles. The van der Waals surface area contributed by atoms with Crippen LogP contribution in [0.5, 0.6) is 0 Å². The van der Waals surface area contributed by atoms with Crippen molar-refractivity contribution in [3.63, 3.8) is 0 Å². The summed E-state index contributed by atoms with van der Waals surface area (Å²) in [7, 11) is -9.86. The maximum Gasteiger partial charge on any atom is 1.00 e. The van der Waals surface area contributed by atoms with Crippen LogP contribution in [0.2, 0.25) is 0 Å². The first-order valence-corrected chi connectivity index (χ1v) is 12.6. The molecule has 0 fully saturated rings. The summed E-state index contributed by atoms with van der Waals surface area (Å²) in [4.78, 5) is -1.15. The molecule has 0 aliphatic rings. The van der Waals surface area contributed by atoms with E-state index in [2.05, 4.69) is 41.5 Å². The molecule has 4 rings (SSSR count). The molecule has 0 spiro atoms. The summed E-state index contributed by atoms with van der Waals surface area (Å²) in [5.74, 6) is 0.526. The van der Waals surface area contributed by atoms with Crippen LogP contribution in [-0.2, 0) is 20.2 Å². The van der Waals surface area contributed by atoms with Gasteiger partial charge < -0.3 is 19.7 Å². The number of nitrogens with zero attached hydrogens (tertiary/aromatic N) is 6. The minimum absolute atomic E-state index is 0. The SMILES string of the molecule is O=S(=O)([O-])c1cc(Nc2ccnnn2)ccc1C=Cc1ccc(Nc2ccnnn2)cc1S(=O)(=O)[O-].[Na+].[Na+]. The Bertz CT molecular complexity index is 1520. The van der Waals surface area contributed by atoms with E-state index in [-0.39, 0.29) is 93.3 Å². The van der Waals surface area contributed by atoms with Crippen LogP contribution in [0.4, 0.5) is 23.0 Å². The maximum absolute atomic E-state index is 11.9. The first-order valence-electron chi connectivity index (χ1n) is 9.80. The van der Waals surface area contributed by atoms with Gasteiger partial charge in [0, 0.05) is 23.5 Å². The summed E-state index contributed by atoms with van der Waals surface area (Å²) in [6, 6.07) is 10.8. The molecule has 0 bridgehead atoms. The first-order chi connectivity index (χ1) is 17.1. The monoisotopic (exact) mass is 572 g/mol. The van der Waals surface area contributed by atoms with Crippen molar-refractivity contribution in [3.8, 4) is 0 Å². The van der Waals surface area contributed by atoms with E-state index in [1.54, 1.807) is 0 Å². The van der Waals surface area contributed by atoms with Crippen LogP contribution in [0, 0.1) is 0 Å². The van der Waals surface area contributed by atoms with Crippen molar-refractivity contribution in [2.24, 2.45) is 0 Å². The molecular formula is C20H14N8Na2O6S2. The average Bonchev–Trinajstić information content (AvgIpc) is 2.84. The topological polar surface area (TPSA) is 216 Å². The van der Waals surface area contributed by atoms with E-state index in [4.69, 9.17) is 0 Å². The second kappa shape index (κ2) is 13.6. The zero-order chi connectivity index (χ0) is 25.8. The minimum Gasteiger partial charge on any atom is -0.744 e. The molecule has 14 nitrogen and oxygen atoms in total. The van der Waals surface area contributed by atoms with Crippen LogP contribution < -0.4 is 69.7 Å². The molecule has 0 saturated heterocycles. The van der Waals surface area contributed by atoms with E-state index in [1.165, 1.54) is 60.9 Å². The zero-order valence-electron chi connectivity index (χ0n) is 19.9. The normalized spacial score (nSPS) is 11.3. The molecule has 38 heavy (non-hydrogen) atoms. The van der Waals surface area contributed by atoms with Crippen molar-refractivity contribution in [1.29, 1.82) is 0 Å². The van der Waals surface area contributed by atoms with Gasteiger partial charge in [0.05, 0.1) is 22.2 Å². The number of hydrogen-bond acceptors (Lipinski definition) is 14. The molecular weight excluding hydrogens is 558 g/mol. The molecule has 2 N–H and O–H groups in total. The Hall–Kier alpha value is -2.38. The number of rotatable bonds is 8. The van der Waals surface area contributed by atoms with Crippen LogP contribution in [0.25, 0.3) is 12.2 Å². The molecule has 18 heteroatoms. The van der Waals surface area contributed by atoms with Gasteiger partial charge in [-0.3, -0.25) is 0 Å². The third-order valence-corrected chi connectivity index (χ3v) is 6.34. The minimum atomic E-state index is -4.93. The van der Waals surface area contributed by atoms with Gasteiger partial charge in [-0.15, -0.1) is 20.4 Å². The Balaban J connectivity index is 0.00000253. The van der Waals surface area contributed by atoms with Crippen molar-refractivity contribution in [1.82, 2.24) is 30.8 Å². The Morgan fingerprint density at radius 3 is 1.34 bits per heavy atom. The molecule has 2 aromatic carbocycles.